The van der Waals surface area contributed by atoms with Crippen molar-refractivity contribution in [2.75, 3.05) is 6.61 Å². The summed E-state index contributed by atoms with van der Waals surface area (Å²) in [6.45, 7) is 2.50. The molecular formula is C22H24N2O5S. The normalized spacial score (nSPS) is 12.3. The molecule has 0 bridgehead atoms. The summed E-state index contributed by atoms with van der Waals surface area (Å²) in [5.74, 6) is 0.717. The molecule has 1 amide bonds. The van der Waals surface area contributed by atoms with E-state index in [1.54, 1.807) is 24.3 Å². The highest BCUT2D eigenvalue weighted by Gasteiger charge is 2.26. The van der Waals surface area contributed by atoms with Crippen molar-refractivity contribution in [1.82, 2.24) is 10.0 Å². The Morgan fingerprint density at radius 1 is 1.03 bits per heavy atom. The van der Waals surface area contributed by atoms with Gasteiger partial charge in [-0.2, -0.15) is 4.72 Å². The molecule has 1 heterocycles. The Bertz CT molecular complexity index is 1030. The second kappa shape index (κ2) is 10.1. The highest BCUT2D eigenvalue weighted by atomic mass is 32.2. The van der Waals surface area contributed by atoms with Crippen LogP contribution in [0, 0.1) is 0 Å². The molecule has 3 aromatic rings. The molecule has 158 valence electrons. The number of hydrogen-bond donors (Lipinski definition) is 2. The lowest BCUT2D eigenvalue weighted by Gasteiger charge is -2.19. The van der Waals surface area contributed by atoms with E-state index in [0.29, 0.717) is 18.1 Å². The van der Waals surface area contributed by atoms with Crippen LogP contribution in [0.5, 0.6) is 5.75 Å². The van der Waals surface area contributed by atoms with E-state index < -0.39 is 22.0 Å². The highest BCUT2D eigenvalue weighted by molar-refractivity contribution is 7.89. The topological polar surface area (TPSA) is 97.6 Å². The van der Waals surface area contributed by atoms with E-state index in [9.17, 15) is 13.2 Å². The summed E-state index contributed by atoms with van der Waals surface area (Å²) >= 11 is 0. The van der Waals surface area contributed by atoms with E-state index in [-0.39, 0.29) is 17.9 Å². The van der Waals surface area contributed by atoms with Gasteiger partial charge < -0.3 is 14.5 Å². The molecule has 1 atom stereocenters. The molecule has 0 saturated heterocycles. The number of hydrogen-bond acceptors (Lipinski definition) is 5. The first kappa shape index (κ1) is 21.6. The van der Waals surface area contributed by atoms with Gasteiger partial charge in [-0.05, 0) is 55.3 Å². The predicted molar refractivity (Wildman–Crippen MR) is 112 cm³/mol. The zero-order valence-corrected chi connectivity index (χ0v) is 17.4. The molecule has 0 fully saturated rings. The standard InChI is InChI=1S/C22H24N2O5S/c1-2-28-18-10-12-20(13-11-18)30(26,27)24-21(15-17-7-4-3-5-8-17)22(25)23-16-19-9-6-14-29-19/h3-14,21,24H,2,15-16H2,1H3,(H,23,25)/t21-/m0/s1. The monoisotopic (exact) mass is 428 g/mol. The fourth-order valence-corrected chi connectivity index (χ4v) is 4.08. The third-order valence-electron chi connectivity index (χ3n) is 4.36. The Kier molecular flexibility index (Phi) is 7.26. The number of furan rings is 1. The Morgan fingerprint density at radius 2 is 1.77 bits per heavy atom. The Morgan fingerprint density at radius 3 is 2.40 bits per heavy atom. The lowest BCUT2D eigenvalue weighted by molar-refractivity contribution is -0.122. The van der Waals surface area contributed by atoms with E-state index in [1.165, 1.54) is 18.4 Å². The summed E-state index contributed by atoms with van der Waals surface area (Å²) < 4.78 is 38.9. The molecule has 2 aromatic carbocycles. The minimum atomic E-state index is -3.92. The maximum absolute atomic E-state index is 12.9. The predicted octanol–water partition coefficient (Wildman–Crippen LogP) is 2.88. The fourth-order valence-electron chi connectivity index (χ4n) is 2.89. The number of benzene rings is 2. The van der Waals surface area contributed by atoms with E-state index in [0.717, 1.165) is 5.56 Å². The van der Waals surface area contributed by atoms with Crippen molar-refractivity contribution >= 4 is 15.9 Å². The molecule has 7 nitrogen and oxygen atoms in total. The average Bonchev–Trinajstić information content (AvgIpc) is 3.26. The van der Waals surface area contributed by atoms with Gasteiger partial charge >= 0.3 is 0 Å². The van der Waals surface area contributed by atoms with Gasteiger partial charge in [0.1, 0.15) is 17.6 Å². The molecule has 0 aliphatic rings. The number of carbonyl (C=O) groups is 1. The van der Waals surface area contributed by atoms with Crippen molar-refractivity contribution in [2.24, 2.45) is 0 Å². The molecule has 30 heavy (non-hydrogen) atoms. The second-order valence-corrected chi connectivity index (χ2v) is 8.28. The zero-order valence-electron chi connectivity index (χ0n) is 16.6. The minimum absolute atomic E-state index is 0.0582. The van der Waals surface area contributed by atoms with Gasteiger partial charge in [0.05, 0.1) is 24.3 Å². The third-order valence-corrected chi connectivity index (χ3v) is 5.85. The van der Waals surface area contributed by atoms with Crippen molar-refractivity contribution in [1.29, 1.82) is 0 Å². The van der Waals surface area contributed by atoms with Crippen molar-refractivity contribution in [3.63, 3.8) is 0 Å². The number of sulfonamides is 1. The van der Waals surface area contributed by atoms with Crippen LogP contribution in [0.1, 0.15) is 18.2 Å². The Labute approximate surface area is 176 Å². The maximum Gasteiger partial charge on any atom is 0.241 e. The smallest absolute Gasteiger partial charge is 0.241 e. The summed E-state index contributed by atoms with van der Waals surface area (Å²) in [6.07, 6.45) is 1.72. The van der Waals surface area contributed by atoms with Crippen molar-refractivity contribution in [3.05, 3.63) is 84.3 Å². The van der Waals surface area contributed by atoms with Crippen LogP contribution in [-0.2, 0) is 27.8 Å². The first-order chi connectivity index (χ1) is 14.5. The first-order valence-electron chi connectivity index (χ1n) is 9.57. The molecule has 0 aliphatic carbocycles. The average molecular weight is 429 g/mol. The van der Waals surface area contributed by atoms with Crippen LogP contribution in [0.2, 0.25) is 0 Å². The van der Waals surface area contributed by atoms with Crippen LogP contribution in [-0.4, -0.2) is 27.0 Å². The SMILES string of the molecule is CCOc1ccc(S(=O)(=O)N[C@@H](Cc2ccccc2)C(=O)NCc2ccco2)cc1. The number of ether oxygens (including phenoxy) is 1. The van der Waals surface area contributed by atoms with E-state index in [2.05, 4.69) is 10.0 Å². The van der Waals surface area contributed by atoms with E-state index in [1.807, 2.05) is 37.3 Å². The van der Waals surface area contributed by atoms with Crippen molar-refractivity contribution in [3.8, 4) is 5.75 Å². The number of rotatable bonds is 10. The molecule has 1 aromatic heterocycles. The highest BCUT2D eigenvalue weighted by Crippen LogP contribution is 2.17. The number of carbonyl (C=O) groups excluding carboxylic acids is 1. The molecule has 3 rings (SSSR count). The summed E-state index contributed by atoms with van der Waals surface area (Å²) in [4.78, 5) is 12.8. The van der Waals surface area contributed by atoms with Crippen molar-refractivity contribution in [2.45, 2.75) is 30.8 Å². The summed E-state index contributed by atoms with van der Waals surface area (Å²) in [5, 5.41) is 2.73. The molecule has 0 aliphatic heterocycles. The lowest BCUT2D eigenvalue weighted by atomic mass is 10.1. The van der Waals surface area contributed by atoms with Crippen molar-refractivity contribution < 1.29 is 22.4 Å². The molecule has 2 N–H and O–H groups in total. The lowest BCUT2D eigenvalue weighted by Crippen LogP contribution is -2.47. The molecule has 0 unspecified atom stereocenters. The van der Waals surface area contributed by atoms with Gasteiger partial charge in [-0.1, -0.05) is 30.3 Å². The van der Waals surface area contributed by atoms with Gasteiger partial charge in [0.2, 0.25) is 15.9 Å². The second-order valence-electron chi connectivity index (χ2n) is 6.57. The number of nitrogens with one attached hydrogen (secondary N) is 2. The van der Waals surface area contributed by atoms with E-state index in [4.69, 9.17) is 9.15 Å². The van der Waals surface area contributed by atoms with Gasteiger partial charge in [-0.3, -0.25) is 4.79 Å². The van der Waals surface area contributed by atoms with Gasteiger partial charge in [0, 0.05) is 0 Å². The zero-order chi connectivity index (χ0) is 21.4. The molecular weight excluding hydrogens is 404 g/mol. The summed E-state index contributed by atoms with van der Waals surface area (Å²) in [5.41, 5.74) is 0.838. The van der Waals surface area contributed by atoms with Crippen LogP contribution in [0.15, 0.2) is 82.3 Å². The minimum Gasteiger partial charge on any atom is -0.494 e. The molecule has 0 saturated carbocycles. The van der Waals surface area contributed by atoms with Gasteiger partial charge in [-0.15, -0.1) is 0 Å². The van der Waals surface area contributed by atoms with Crippen LogP contribution in [0.25, 0.3) is 0 Å². The number of amides is 1. The summed E-state index contributed by atoms with van der Waals surface area (Å²) in [6, 6.07) is 17.8. The Balaban J connectivity index is 1.76. The van der Waals surface area contributed by atoms with Crippen LogP contribution in [0.4, 0.5) is 0 Å². The first-order valence-corrected chi connectivity index (χ1v) is 11.1. The third kappa shape index (κ3) is 5.95. The largest absolute Gasteiger partial charge is 0.494 e. The van der Waals surface area contributed by atoms with E-state index >= 15 is 0 Å². The molecule has 0 radical (unpaired) electrons. The Hall–Kier alpha value is -3.10. The summed E-state index contributed by atoms with van der Waals surface area (Å²) in [7, 11) is -3.92. The molecule has 8 heteroatoms. The van der Waals surface area contributed by atoms with Crippen LogP contribution >= 0.6 is 0 Å². The van der Waals surface area contributed by atoms with Gasteiger partial charge in [0.15, 0.2) is 0 Å². The fraction of sp³-hybridized carbons (Fsp3) is 0.227. The quantitative estimate of drug-likeness (QED) is 0.518. The molecule has 0 spiro atoms. The van der Waals surface area contributed by atoms with Crippen LogP contribution in [0.3, 0.4) is 0 Å². The van der Waals surface area contributed by atoms with Crippen LogP contribution < -0.4 is 14.8 Å². The van der Waals surface area contributed by atoms with Gasteiger partial charge in [-0.25, -0.2) is 8.42 Å². The van der Waals surface area contributed by atoms with Gasteiger partial charge in [0.25, 0.3) is 0 Å². The maximum atomic E-state index is 12.9.